The van der Waals surface area contributed by atoms with Crippen LogP contribution in [0.4, 0.5) is 0 Å². The van der Waals surface area contributed by atoms with Crippen LogP contribution in [-0.4, -0.2) is 37.1 Å². The Morgan fingerprint density at radius 2 is 2.10 bits per heavy atom. The summed E-state index contributed by atoms with van der Waals surface area (Å²) in [5.74, 6) is 1.01. The highest BCUT2D eigenvalue weighted by Gasteiger charge is 2.33. The largest absolute Gasteiger partial charge is 0.314 e. The smallest absolute Gasteiger partial charge is 0.0345 e. The Hall–Kier alpha value is -0.0800. The topological polar surface area (TPSA) is 15.3 Å². The molecule has 1 N–H and O–H groups in total. The highest BCUT2D eigenvalue weighted by atomic mass is 15.3. The zero-order chi connectivity index (χ0) is 6.97. The summed E-state index contributed by atoms with van der Waals surface area (Å²) in [4.78, 5) is 2.60. The van der Waals surface area contributed by atoms with E-state index in [1.807, 2.05) is 0 Å². The average molecular weight is 140 g/mol. The predicted molar refractivity (Wildman–Crippen MR) is 42.0 cm³/mol. The molecule has 2 nitrogen and oxygen atoms in total. The molecule has 2 rings (SSSR count). The van der Waals surface area contributed by atoms with Gasteiger partial charge in [0.2, 0.25) is 0 Å². The standard InChI is InChI=1S/C8H16N2/c1-2-7-5-10(6-7)8-3-9-4-8/h7-9H,2-6H2,1H3. The van der Waals surface area contributed by atoms with E-state index in [0.717, 1.165) is 12.0 Å². The molecular weight excluding hydrogens is 124 g/mol. The zero-order valence-electron chi connectivity index (χ0n) is 6.64. The number of nitrogens with one attached hydrogen (secondary N) is 1. The Labute approximate surface area is 62.6 Å². The van der Waals surface area contributed by atoms with Crippen molar-refractivity contribution in [1.29, 1.82) is 0 Å². The fraction of sp³-hybridized carbons (Fsp3) is 1.00. The van der Waals surface area contributed by atoms with Gasteiger partial charge < -0.3 is 5.32 Å². The lowest BCUT2D eigenvalue weighted by Gasteiger charge is -2.48. The van der Waals surface area contributed by atoms with Gasteiger partial charge in [-0.1, -0.05) is 13.3 Å². The number of hydrogen-bond acceptors (Lipinski definition) is 2. The van der Waals surface area contributed by atoms with Gasteiger partial charge in [0.25, 0.3) is 0 Å². The molecule has 0 atom stereocenters. The van der Waals surface area contributed by atoms with Crippen LogP contribution in [0.25, 0.3) is 0 Å². The van der Waals surface area contributed by atoms with E-state index >= 15 is 0 Å². The van der Waals surface area contributed by atoms with E-state index in [4.69, 9.17) is 0 Å². The number of nitrogens with zero attached hydrogens (tertiary/aromatic N) is 1. The molecule has 0 aromatic rings. The van der Waals surface area contributed by atoms with Crippen LogP contribution in [0.15, 0.2) is 0 Å². The molecule has 2 fully saturated rings. The summed E-state index contributed by atoms with van der Waals surface area (Å²) in [5.41, 5.74) is 0. The zero-order valence-corrected chi connectivity index (χ0v) is 6.64. The summed E-state index contributed by atoms with van der Waals surface area (Å²) < 4.78 is 0. The minimum Gasteiger partial charge on any atom is -0.314 e. The van der Waals surface area contributed by atoms with Gasteiger partial charge in [0, 0.05) is 32.2 Å². The average Bonchev–Trinajstić information content (AvgIpc) is 1.72. The van der Waals surface area contributed by atoms with Gasteiger partial charge in [-0.3, -0.25) is 4.90 Å². The van der Waals surface area contributed by atoms with Crippen LogP contribution in [0, 0.1) is 5.92 Å². The van der Waals surface area contributed by atoms with Gasteiger partial charge in [0.05, 0.1) is 0 Å². The minimum absolute atomic E-state index is 0.891. The normalized spacial score (nSPS) is 29.7. The summed E-state index contributed by atoms with van der Waals surface area (Å²) in [7, 11) is 0. The van der Waals surface area contributed by atoms with E-state index in [2.05, 4.69) is 17.1 Å². The minimum atomic E-state index is 0.891. The van der Waals surface area contributed by atoms with Gasteiger partial charge in [-0.2, -0.15) is 0 Å². The quantitative estimate of drug-likeness (QED) is 0.593. The molecule has 0 bridgehead atoms. The summed E-state index contributed by atoms with van der Waals surface area (Å²) >= 11 is 0. The summed E-state index contributed by atoms with van der Waals surface area (Å²) in [5, 5.41) is 3.30. The first-order valence-electron chi connectivity index (χ1n) is 4.35. The molecule has 0 amide bonds. The molecule has 0 saturated carbocycles. The Balaban J connectivity index is 1.69. The van der Waals surface area contributed by atoms with Crippen molar-refractivity contribution in [2.45, 2.75) is 19.4 Å². The van der Waals surface area contributed by atoms with Crippen LogP contribution in [0.5, 0.6) is 0 Å². The van der Waals surface area contributed by atoms with E-state index < -0.39 is 0 Å². The van der Waals surface area contributed by atoms with E-state index in [0.29, 0.717) is 0 Å². The van der Waals surface area contributed by atoms with Gasteiger partial charge in [-0.15, -0.1) is 0 Å². The van der Waals surface area contributed by atoms with Crippen LogP contribution < -0.4 is 5.32 Å². The molecule has 0 radical (unpaired) electrons. The third-order valence-electron chi connectivity index (χ3n) is 2.84. The van der Waals surface area contributed by atoms with Gasteiger partial charge in [-0.25, -0.2) is 0 Å². The van der Waals surface area contributed by atoms with Crippen LogP contribution in [0.3, 0.4) is 0 Å². The molecule has 0 unspecified atom stereocenters. The molecule has 2 aliphatic heterocycles. The van der Waals surface area contributed by atoms with Crippen LogP contribution in [0.1, 0.15) is 13.3 Å². The molecule has 2 heterocycles. The molecule has 10 heavy (non-hydrogen) atoms. The molecule has 58 valence electrons. The van der Waals surface area contributed by atoms with Gasteiger partial charge in [0.15, 0.2) is 0 Å². The fourth-order valence-electron chi connectivity index (χ4n) is 1.70. The molecule has 0 aliphatic carbocycles. The third-order valence-corrected chi connectivity index (χ3v) is 2.84. The molecule has 2 heteroatoms. The second-order valence-corrected chi connectivity index (χ2v) is 3.54. The molecule has 2 aliphatic rings. The maximum Gasteiger partial charge on any atom is 0.0345 e. The van der Waals surface area contributed by atoms with E-state index in [-0.39, 0.29) is 0 Å². The molecule has 0 aromatic heterocycles. The fourth-order valence-corrected chi connectivity index (χ4v) is 1.70. The number of hydrogen-bond donors (Lipinski definition) is 1. The van der Waals surface area contributed by atoms with Gasteiger partial charge >= 0.3 is 0 Å². The van der Waals surface area contributed by atoms with Crippen LogP contribution in [0.2, 0.25) is 0 Å². The Kier molecular flexibility index (Phi) is 1.66. The Morgan fingerprint density at radius 1 is 1.40 bits per heavy atom. The summed E-state index contributed by atoms with van der Waals surface area (Å²) in [6, 6.07) is 0.891. The van der Waals surface area contributed by atoms with E-state index in [9.17, 15) is 0 Å². The van der Waals surface area contributed by atoms with Crippen molar-refractivity contribution in [3.05, 3.63) is 0 Å². The first-order valence-corrected chi connectivity index (χ1v) is 4.35. The Bertz CT molecular complexity index is 114. The van der Waals surface area contributed by atoms with Gasteiger partial charge in [0.1, 0.15) is 0 Å². The highest BCUT2D eigenvalue weighted by molar-refractivity contribution is 4.91. The van der Waals surface area contributed by atoms with Crippen molar-refractivity contribution < 1.29 is 0 Å². The van der Waals surface area contributed by atoms with Crippen LogP contribution >= 0.6 is 0 Å². The predicted octanol–water partition coefficient (Wildman–Crippen LogP) is 0.300. The molecular formula is C8H16N2. The second kappa shape index (κ2) is 2.51. The SMILES string of the molecule is CCC1CN(C2CNC2)C1. The lowest BCUT2D eigenvalue weighted by atomic mass is 9.93. The molecule has 2 saturated heterocycles. The number of likely N-dealkylation sites (tertiary alicyclic amines) is 1. The molecule has 0 spiro atoms. The monoisotopic (exact) mass is 140 g/mol. The maximum atomic E-state index is 3.30. The molecule has 0 aromatic carbocycles. The Morgan fingerprint density at radius 3 is 2.50 bits per heavy atom. The van der Waals surface area contributed by atoms with Crippen molar-refractivity contribution in [3.63, 3.8) is 0 Å². The first-order chi connectivity index (χ1) is 4.90. The van der Waals surface area contributed by atoms with Crippen molar-refractivity contribution in [2.24, 2.45) is 5.92 Å². The van der Waals surface area contributed by atoms with Crippen molar-refractivity contribution in [2.75, 3.05) is 26.2 Å². The van der Waals surface area contributed by atoms with E-state index in [1.54, 1.807) is 0 Å². The van der Waals surface area contributed by atoms with Crippen molar-refractivity contribution in [3.8, 4) is 0 Å². The van der Waals surface area contributed by atoms with Gasteiger partial charge in [-0.05, 0) is 5.92 Å². The highest BCUT2D eigenvalue weighted by Crippen LogP contribution is 2.22. The van der Waals surface area contributed by atoms with E-state index in [1.165, 1.54) is 32.6 Å². The first kappa shape index (κ1) is 6.62. The summed E-state index contributed by atoms with van der Waals surface area (Å²) in [6.07, 6.45) is 1.37. The lowest BCUT2D eigenvalue weighted by molar-refractivity contribution is 0.0272. The number of rotatable bonds is 2. The summed E-state index contributed by atoms with van der Waals surface area (Å²) in [6.45, 7) is 7.49. The third kappa shape index (κ3) is 0.956. The second-order valence-electron chi connectivity index (χ2n) is 3.54. The lowest BCUT2D eigenvalue weighted by Crippen LogP contribution is -2.63. The maximum absolute atomic E-state index is 3.30. The van der Waals surface area contributed by atoms with Crippen molar-refractivity contribution in [1.82, 2.24) is 10.2 Å². The van der Waals surface area contributed by atoms with Crippen molar-refractivity contribution >= 4 is 0 Å². The van der Waals surface area contributed by atoms with Crippen LogP contribution in [-0.2, 0) is 0 Å².